The van der Waals surface area contributed by atoms with Gasteiger partial charge in [0, 0.05) is 6.42 Å². The van der Waals surface area contributed by atoms with Crippen LogP contribution in [0, 0.1) is 0 Å². The van der Waals surface area contributed by atoms with Crippen LogP contribution < -0.4 is 5.32 Å². The summed E-state index contributed by atoms with van der Waals surface area (Å²) in [5.74, 6) is -0.236. The first-order valence-electron chi connectivity index (χ1n) is 40.1. The summed E-state index contributed by atoms with van der Waals surface area (Å²) in [6.07, 6.45) is 44.1. The molecule has 0 bridgehead atoms. The van der Waals surface area contributed by atoms with E-state index in [9.17, 15) is 61.0 Å². The molecular formula is C78H147NO18. The lowest BCUT2D eigenvalue weighted by Crippen LogP contribution is -2.66. The fourth-order valence-electron chi connectivity index (χ4n) is 13.8. The number of aliphatic hydroxyl groups excluding tert-OH is 11. The maximum absolute atomic E-state index is 13.5. The van der Waals surface area contributed by atoms with Gasteiger partial charge in [-0.3, -0.25) is 4.79 Å². The quantitative estimate of drug-likeness (QED) is 0.0199. The smallest absolute Gasteiger partial charge is 0.220 e. The van der Waals surface area contributed by atoms with Crippen molar-refractivity contribution in [1.82, 2.24) is 5.32 Å². The van der Waals surface area contributed by atoms with Gasteiger partial charge in [0.2, 0.25) is 5.91 Å². The Hall–Kier alpha value is -1.73. The van der Waals surface area contributed by atoms with Gasteiger partial charge < -0.3 is 89.9 Å². The minimum atomic E-state index is -1.97. The molecular weight excluding hydrogens is 1240 g/mol. The van der Waals surface area contributed by atoms with Gasteiger partial charge in [-0.1, -0.05) is 308 Å². The molecule has 0 spiro atoms. The first-order chi connectivity index (χ1) is 47.3. The molecule has 19 heteroatoms. The molecule has 0 aliphatic carbocycles. The molecule has 97 heavy (non-hydrogen) atoms. The van der Waals surface area contributed by atoms with Gasteiger partial charge in [0.15, 0.2) is 18.9 Å². The number of rotatable bonds is 64. The molecule has 0 radical (unpaired) electrons. The Morgan fingerprint density at radius 2 is 0.680 bits per heavy atom. The first-order valence-corrected chi connectivity index (χ1v) is 40.1. The zero-order valence-electron chi connectivity index (χ0n) is 61.1. The normalized spacial score (nSPS) is 27.0. The van der Waals surface area contributed by atoms with Crippen LogP contribution in [0.3, 0.4) is 0 Å². The maximum Gasteiger partial charge on any atom is 0.220 e. The summed E-state index contributed by atoms with van der Waals surface area (Å²) in [6, 6.07) is -0.885. The van der Waals surface area contributed by atoms with Crippen molar-refractivity contribution in [2.75, 3.05) is 26.4 Å². The average molecular weight is 1390 g/mol. The van der Waals surface area contributed by atoms with E-state index in [1.165, 1.54) is 250 Å². The monoisotopic (exact) mass is 1390 g/mol. The average Bonchev–Trinajstić information content (AvgIpc) is 0.845. The number of allylic oxidation sites excluding steroid dienone is 4. The van der Waals surface area contributed by atoms with E-state index in [0.29, 0.717) is 12.8 Å². The SMILES string of the molecule is CCCCCCC/C=C\C/C=C\CCCCCCCCCCCCCCCCCCCCCCCC(=O)NC(COC1OC(CO)C(OC2OC(CO)C(OC3OC(CO)C(O)C(O)C3O)C(O)C2O)C(O)C1O)C(O)CCCCCCCCCCCCCCCCCCCCC. The number of hydrogen-bond donors (Lipinski definition) is 12. The van der Waals surface area contributed by atoms with E-state index in [2.05, 4.69) is 43.5 Å². The Morgan fingerprint density at radius 3 is 1.05 bits per heavy atom. The fourth-order valence-corrected chi connectivity index (χ4v) is 13.8. The van der Waals surface area contributed by atoms with Crippen LogP contribution in [0.25, 0.3) is 0 Å². The Labute approximate surface area is 588 Å². The number of amides is 1. The first kappa shape index (κ1) is 89.5. The highest BCUT2D eigenvalue weighted by Gasteiger charge is 2.54. The summed E-state index contributed by atoms with van der Waals surface area (Å²) >= 11 is 0. The van der Waals surface area contributed by atoms with Crippen LogP contribution in [0.15, 0.2) is 24.3 Å². The van der Waals surface area contributed by atoms with E-state index in [1.807, 2.05) is 0 Å². The number of carbonyl (C=O) groups excluding carboxylic acids is 1. The second kappa shape index (κ2) is 59.6. The van der Waals surface area contributed by atoms with Crippen molar-refractivity contribution in [3.05, 3.63) is 24.3 Å². The molecule has 3 aliphatic heterocycles. The molecule has 0 aromatic rings. The highest BCUT2D eigenvalue weighted by Crippen LogP contribution is 2.33. The number of hydrogen-bond acceptors (Lipinski definition) is 18. The Bertz CT molecular complexity index is 1850. The third-order valence-electron chi connectivity index (χ3n) is 20.3. The molecule has 572 valence electrons. The molecule has 3 aliphatic rings. The van der Waals surface area contributed by atoms with Crippen molar-refractivity contribution in [3.8, 4) is 0 Å². The fraction of sp³-hybridized carbons (Fsp3) is 0.936. The number of nitrogens with one attached hydrogen (secondary N) is 1. The largest absolute Gasteiger partial charge is 0.394 e. The molecule has 3 saturated heterocycles. The van der Waals surface area contributed by atoms with Crippen molar-refractivity contribution in [3.63, 3.8) is 0 Å². The van der Waals surface area contributed by atoms with Crippen LogP contribution in [-0.4, -0.2) is 193 Å². The van der Waals surface area contributed by atoms with E-state index in [-0.39, 0.29) is 18.9 Å². The standard InChI is InChI=1S/C78H147NO18/c1-3-5-7-9-11-13-15-17-19-21-23-24-25-26-27-28-29-30-31-32-33-34-35-36-38-40-42-44-46-48-50-52-54-56-66(84)79-61(62(83)55-53-51-49-47-45-43-41-39-37-22-20-18-16-14-12-10-8-6-4-2)60-92-76-72(90)69(87)74(64(58-81)94-76)97-78-73(91)70(88)75(65(59-82)95-78)96-77-71(89)68(86)67(85)63(57-80)93-77/h15,17,21,23,61-65,67-78,80-83,85-91H,3-14,16,18-20,22,24-60H2,1-2H3,(H,79,84)/b17-15-,23-21-. The lowest BCUT2D eigenvalue weighted by atomic mass is 9.96. The Kier molecular flexibility index (Phi) is 55.0. The van der Waals surface area contributed by atoms with Crippen LogP contribution in [0.1, 0.15) is 335 Å². The number of ether oxygens (including phenoxy) is 6. The third kappa shape index (κ3) is 40.2. The molecule has 0 saturated carbocycles. The number of unbranched alkanes of at least 4 members (excludes halogenated alkanes) is 44. The summed E-state index contributed by atoms with van der Waals surface area (Å²) in [5.41, 5.74) is 0. The van der Waals surface area contributed by atoms with Gasteiger partial charge in [-0.05, 0) is 44.9 Å². The highest BCUT2D eigenvalue weighted by molar-refractivity contribution is 5.76. The lowest BCUT2D eigenvalue weighted by molar-refractivity contribution is -0.379. The van der Waals surface area contributed by atoms with Crippen molar-refractivity contribution < 1.29 is 89.4 Å². The predicted octanol–water partition coefficient (Wildman–Crippen LogP) is 13.0. The van der Waals surface area contributed by atoms with Crippen LogP contribution >= 0.6 is 0 Å². The van der Waals surface area contributed by atoms with E-state index < -0.39 is 124 Å². The molecule has 17 unspecified atom stereocenters. The van der Waals surface area contributed by atoms with Gasteiger partial charge in [-0.25, -0.2) is 0 Å². The van der Waals surface area contributed by atoms with Crippen LogP contribution in [0.5, 0.6) is 0 Å². The van der Waals surface area contributed by atoms with E-state index in [4.69, 9.17) is 28.4 Å². The van der Waals surface area contributed by atoms with E-state index in [0.717, 1.165) is 51.4 Å². The minimum absolute atomic E-state index is 0.236. The Morgan fingerprint density at radius 1 is 0.371 bits per heavy atom. The van der Waals surface area contributed by atoms with Gasteiger partial charge in [-0.15, -0.1) is 0 Å². The van der Waals surface area contributed by atoms with Gasteiger partial charge >= 0.3 is 0 Å². The van der Waals surface area contributed by atoms with E-state index in [1.54, 1.807) is 0 Å². The van der Waals surface area contributed by atoms with Gasteiger partial charge in [-0.2, -0.15) is 0 Å². The second-order valence-corrected chi connectivity index (χ2v) is 28.9. The Balaban J connectivity index is 1.34. The maximum atomic E-state index is 13.5. The number of aliphatic hydroxyl groups is 11. The molecule has 3 fully saturated rings. The van der Waals surface area contributed by atoms with Crippen molar-refractivity contribution in [2.45, 2.75) is 439 Å². The van der Waals surface area contributed by atoms with Crippen LogP contribution in [-0.2, 0) is 33.2 Å². The van der Waals surface area contributed by atoms with Gasteiger partial charge in [0.25, 0.3) is 0 Å². The molecule has 0 aromatic carbocycles. The molecule has 12 N–H and O–H groups in total. The zero-order valence-corrected chi connectivity index (χ0v) is 61.1. The molecule has 17 atom stereocenters. The van der Waals surface area contributed by atoms with Crippen molar-refractivity contribution >= 4 is 5.91 Å². The summed E-state index contributed by atoms with van der Waals surface area (Å²) in [6.45, 7) is 1.84. The third-order valence-corrected chi connectivity index (χ3v) is 20.3. The van der Waals surface area contributed by atoms with Crippen LogP contribution in [0.2, 0.25) is 0 Å². The summed E-state index contributed by atoms with van der Waals surface area (Å²) in [5, 5.41) is 121. The van der Waals surface area contributed by atoms with E-state index >= 15 is 0 Å². The summed E-state index contributed by atoms with van der Waals surface area (Å²) in [4.78, 5) is 13.5. The molecule has 3 heterocycles. The molecule has 19 nitrogen and oxygen atoms in total. The predicted molar refractivity (Wildman–Crippen MR) is 383 cm³/mol. The van der Waals surface area contributed by atoms with Gasteiger partial charge in [0.1, 0.15) is 73.2 Å². The molecule has 1 amide bonds. The minimum Gasteiger partial charge on any atom is -0.394 e. The molecule has 3 rings (SSSR count). The van der Waals surface area contributed by atoms with Gasteiger partial charge in [0.05, 0.1) is 38.6 Å². The lowest BCUT2D eigenvalue weighted by Gasteiger charge is -2.48. The zero-order chi connectivity index (χ0) is 70.4. The van der Waals surface area contributed by atoms with Crippen LogP contribution in [0.4, 0.5) is 0 Å². The highest BCUT2D eigenvalue weighted by atomic mass is 16.8. The molecule has 0 aromatic heterocycles. The number of carbonyl (C=O) groups is 1. The topological polar surface area (TPSA) is 307 Å². The summed E-state index contributed by atoms with van der Waals surface area (Å²) in [7, 11) is 0. The van der Waals surface area contributed by atoms with Crippen molar-refractivity contribution in [1.29, 1.82) is 0 Å². The second-order valence-electron chi connectivity index (χ2n) is 28.9. The summed E-state index contributed by atoms with van der Waals surface area (Å²) < 4.78 is 34.5. The van der Waals surface area contributed by atoms with Crippen molar-refractivity contribution in [2.24, 2.45) is 0 Å².